The van der Waals surface area contributed by atoms with Gasteiger partial charge in [0.1, 0.15) is 0 Å². The third-order valence-electron chi connectivity index (χ3n) is 2.80. The highest BCUT2D eigenvalue weighted by Gasteiger charge is 2.19. The number of benzene rings is 2. The van der Waals surface area contributed by atoms with Gasteiger partial charge in [-0.25, -0.2) is 0 Å². The van der Waals surface area contributed by atoms with Crippen molar-refractivity contribution in [3.8, 4) is 0 Å². The zero-order valence-electron chi connectivity index (χ0n) is 9.14. The lowest BCUT2D eigenvalue weighted by molar-refractivity contribution is 0.0994. The van der Waals surface area contributed by atoms with Gasteiger partial charge in [-0.1, -0.05) is 24.3 Å². The van der Waals surface area contributed by atoms with Gasteiger partial charge in [-0.15, -0.1) is 0 Å². The van der Waals surface area contributed by atoms with Gasteiger partial charge in [0, 0.05) is 11.1 Å². The Kier molecular flexibility index (Phi) is 2.61. The number of fused-ring (bicyclic) bond motifs is 2. The molecule has 0 saturated carbocycles. The molecular weight excluding hydrogens is 214 g/mol. The van der Waals surface area contributed by atoms with Crippen molar-refractivity contribution in [2.45, 2.75) is 0 Å². The minimum absolute atomic E-state index is 0. The van der Waals surface area contributed by atoms with Crippen molar-refractivity contribution >= 4 is 22.3 Å². The summed E-state index contributed by atoms with van der Waals surface area (Å²) in [6, 6.07) is 11.3. The topological polar surface area (TPSA) is 69.1 Å². The summed E-state index contributed by atoms with van der Waals surface area (Å²) in [4.78, 5) is 23.3. The first-order chi connectivity index (χ1) is 7.75. The second-order valence-electron chi connectivity index (χ2n) is 3.81. The van der Waals surface area contributed by atoms with E-state index < -0.39 is 0 Å². The lowest BCUT2D eigenvalue weighted by atomic mass is 9.92. The highest BCUT2D eigenvalue weighted by Crippen LogP contribution is 2.23. The summed E-state index contributed by atoms with van der Waals surface area (Å²) in [5.41, 5.74) is 1.01. The molecule has 3 rings (SSSR count). The molecule has 2 aromatic rings. The van der Waals surface area contributed by atoms with Crippen LogP contribution in [0.1, 0.15) is 20.7 Å². The zero-order valence-corrected chi connectivity index (χ0v) is 9.14. The van der Waals surface area contributed by atoms with Crippen molar-refractivity contribution in [2.75, 3.05) is 0 Å². The van der Waals surface area contributed by atoms with Crippen LogP contribution in [0.5, 0.6) is 0 Å². The smallest absolute Gasteiger partial charge is 0.186 e. The van der Waals surface area contributed by atoms with Gasteiger partial charge in [0.05, 0.1) is 0 Å². The summed E-state index contributed by atoms with van der Waals surface area (Å²) in [6.07, 6.45) is 2.67. The van der Waals surface area contributed by atoms with Gasteiger partial charge in [0.25, 0.3) is 0 Å². The van der Waals surface area contributed by atoms with Crippen molar-refractivity contribution in [3.05, 3.63) is 59.7 Å². The maximum absolute atomic E-state index is 11.6. The number of hydrogen-bond donors (Lipinski definition) is 1. The van der Waals surface area contributed by atoms with Crippen LogP contribution in [0.2, 0.25) is 0 Å². The maximum atomic E-state index is 11.6. The molecule has 0 atom stereocenters. The van der Waals surface area contributed by atoms with E-state index in [0.29, 0.717) is 11.1 Å². The standard InChI is InChI=1S/C14H8O2.H3N/c15-13-5-6-14(16)12-8-10-4-2-1-3-9(10)7-11(12)13;/h1-8H;1H3. The van der Waals surface area contributed by atoms with Crippen LogP contribution in [0.25, 0.3) is 10.8 Å². The Balaban J connectivity index is 0.00000108. The fraction of sp³-hybridized carbons (Fsp3) is 0. The van der Waals surface area contributed by atoms with Crippen LogP contribution in [0.3, 0.4) is 0 Å². The van der Waals surface area contributed by atoms with Gasteiger partial charge < -0.3 is 6.15 Å². The average molecular weight is 225 g/mol. The van der Waals surface area contributed by atoms with Gasteiger partial charge in [0.15, 0.2) is 11.6 Å². The van der Waals surface area contributed by atoms with Crippen molar-refractivity contribution < 1.29 is 9.59 Å². The van der Waals surface area contributed by atoms with Crippen LogP contribution in [-0.4, -0.2) is 11.6 Å². The lowest BCUT2D eigenvalue weighted by Gasteiger charge is -2.10. The fourth-order valence-electron chi connectivity index (χ4n) is 1.98. The predicted molar refractivity (Wildman–Crippen MR) is 66.8 cm³/mol. The third kappa shape index (κ3) is 1.66. The Morgan fingerprint density at radius 3 is 1.53 bits per heavy atom. The summed E-state index contributed by atoms with van der Waals surface area (Å²) in [5.74, 6) is -0.194. The Morgan fingerprint density at radius 2 is 1.12 bits per heavy atom. The SMILES string of the molecule is N.O=C1C=CC(=O)c2cc3ccccc3cc21. The minimum Gasteiger partial charge on any atom is -0.344 e. The minimum atomic E-state index is -0.0969. The van der Waals surface area contributed by atoms with Crippen LogP contribution in [0.4, 0.5) is 0 Å². The molecule has 1 aliphatic rings. The van der Waals surface area contributed by atoms with E-state index in [9.17, 15) is 9.59 Å². The van der Waals surface area contributed by atoms with Gasteiger partial charge in [0.2, 0.25) is 0 Å². The molecule has 0 spiro atoms. The zero-order chi connectivity index (χ0) is 11.1. The molecule has 1 aliphatic carbocycles. The number of carbonyl (C=O) groups excluding carboxylic acids is 2. The predicted octanol–water partition coefficient (Wildman–Crippen LogP) is 2.94. The lowest BCUT2D eigenvalue weighted by Crippen LogP contribution is -2.11. The van der Waals surface area contributed by atoms with Crippen LogP contribution < -0.4 is 6.15 Å². The molecule has 0 bridgehead atoms. The third-order valence-corrected chi connectivity index (χ3v) is 2.80. The number of ketones is 2. The Morgan fingerprint density at radius 1 is 0.706 bits per heavy atom. The first kappa shape index (κ1) is 11.2. The molecule has 0 aliphatic heterocycles. The Labute approximate surface area is 98.3 Å². The molecule has 0 aromatic heterocycles. The number of rotatable bonds is 0. The molecule has 3 N–H and O–H groups in total. The van der Waals surface area contributed by atoms with E-state index in [2.05, 4.69) is 0 Å². The molecule has 0 radical (unpaired) electrons. The average Bonchev–Trinajstić information content (AvgIpc) is 2.32. The van der Waals surface area contributed by atoms with Crippen molar-refractivity contribution in [3.63, 3.8) is 0 Å². The largest absolute Gasteiger partial charge is 0.344 e. The quantitative estimate of drug-likeness (QED) is 0.749. The Hall–Kier alpha value is -2.26. The van der Waals surface area contributed by atoms with Crippen LogP contribution in [0.15, 0.2) is 48.6 Å². The summed E-state index contributed by atoms with van der Waals surface area (Å²) in [5, 5.41) is 1.97. The second kappa shape index (κ2) is 3.96. The summed E-state index contributed by atoms with van der Waals surface area (Å²) < 4.78 is 0. The van der Waals surface area contributed by atoms with E-state index in [1.165, 1.54) is 12.2 Å². The van der Waals surface area contributed by atoms with Crippen LogP contribution in [0, 0.1) is 0 Å². The van der Waals surface area contributed by atoms with E-state index in [4.69, 9.17) is 0 Å². The summed E-state index contributed by atoms with van der Waals surface area (Å²) in [7, 11) is 0. The highest BCUT2D eigenvalue weighted by atomic mass is 16.1. The van der Waals surface area contributed by atoms with Gasteiger partial charge in [-0.2, -0.15) is 0 Å². The molecule has 0 heterocycles. The van der Waals surface area contributed by atoms with Gasteiger partial charge in [-0.3, -0.25) is 9.59 Å². The Bertz CT molecular complexity index is 600. The van der Waals surface area contributed by atoms with Crippen LogP contribution in [-0.2, 0) is 0 Å². The molecule has 0 fully saturated rings. The molecule has 0 saturated heterocycles. The summed E-state index contributed by atoms with van der Waals surface area (Å²) >= 11 is 0. The van der Waals surface area contributed by atoms with Crippen molar-refractivity contribution in [1.29, 1.82) is 0 Å². The monoisotopic (exact) mass is 225 g/mol. The molecule has 3 nitrogen and oxygen atoms in total. The van der Waals surface area contributed by atoms with E-state index in [0.717, 1.165) is 10.8 Å². The second-order valence-corrected chi connectivity index (χ2v) is 3.81. The molecule has 84 valence electrons. The fourth-order valence-corrected chi connectivity index (χ4v) is 1.98. The van der Waals surface area contributed by atoms with E-state index >= 15 is 0 Å². The first-order valence-corrected chi connectivity index (χ1v) is 5.05. The van der Waals surface area contributed by atoms with Crippen molar-refractivity contribution in [2.24, 2.45) is 0 Å². The first-order valence-electron chi connectivity index (χ1n) is 5.05. The van der Waals surface area contributed by atoms with E-state index in [1.807, 2.05) is 24.3 Å². The molecule has 0 amide bonds. The molecule has 17 heavy (non-hydrogen) atoms. The number of allylic oxidation sites excluding steroid dienone is 2. The number of hydrogen-bond acceptors (Lipinski definition) is 3. The van der Waals surface area contributed by atoms with E-state index in [-0.39, 0.29) is 17.7 Å². The molecular formula is C14H11NO2. The van der Waals surface area contributed by atoms with Crippen molar-refractivity contribution in [1.82, 2.24) is 6.15 Å². The van der Waals surface area contributed by atoms with E-state index in [1.54, 1.807) is 12.1 Å². The molecule has 3 heteroatoms. The molecule has 0 unspecified atom stereocenters. The normalized spacial score (nSPS) is 13.4. The van der Waals surface area contributed by atoms with Gasteiger partial charge >= 0.3 is 0 Å². The molecule has 2 aromatic carbocycles. The number of carbonyl (C=O) groups is 2. The van der Waals surface area contributed by atoms with Gasteiger partial charge in [-0.05, 0) is 35.1 Å². The van der Waals surface area contributed by atoms with Crippen LogP contribution >= 0.6 is 0 Å². The maximum Gasteiger partial charge on any atom is 0.186 e. The highest BCUT2D eigenvalue weighted by molar-refractivity contribution is 6.23. The summed E-state index contributed by atoms with van der Waals surface area (Å²) in [6.45, 7) is 0.